The molecule has 1 heterocycles. The standard InChI is InChI=1S/C13H14O6/c1-8(14)16-5-10-3-4-11(6-17-9(2)15)13-12(10)18-7-19-13/h3-4H,5-7H2,1-2H3. The van der Waals surface area contributed by atoms with Gasteiger partial charge in [-0.3, -0.25) is 9.59 Å². The Hall–Kier alpha value is -2.24. The van der Waals surface area contributed by atoms with Gasteiger partial charge in [0.25, 0.3) is 0 Å². The molecule has 0 atom stereocenters. The van der Waals surface area contributed by atoms with Gasteiger partial charge in [-0.25, -0.2) is 0 Å². The number of esters is 2. The van der Waals surface area contributed by atoms with E-state index < -0.39 is 0 Å². The fourth-order valence-electron chi connectivity index (χ4n) is 1.69. The van der Waals surface area contributed by atoms with Crippen molar-refractivity contribution in [2.75, 3.05) is 6.79 Å². The van der Waals surface area contributed by atoms with Crippen molar-refractivity contribution in [3.8, 4) is 11.5 Å². The molecule has 0 bridgehead atoms. The lowest BCUT2D eigenvalue weighted by molar-refractivity contribution is -0.143. The fourth-order valence-corrected chi connectivity index (χ4v) is 1.69. The number of hydrogen-bond donors (Lipinski definition) is 0. The topological polar surface area (TPSA) is 71.1 Å². The molecule has 0 unspecified atom stereocenters. The molecule has 0 aromatic heterocycles. The Balaban J connectivity index is 2.18. The normalized spacial score (nSPS) is 12.1. The highest BCUT2D eigenvalue weighted by Gasteiger charge is 2.22. The molecule has 1 aromatic carbocycles. The molecular formula is C13H14O6. The van der Waals surface area contributed by atoms with Crippen LogP contribution >= 0.6 is 0 Å². The van der Waals surface area contributed by atoms with Crippen LogP contribution in [0.1, 0.15) is 25.0 Å². The summed E-state index contributed by atoms with van der Waals surface area (Å²) >= 11 is 0. The Kier molecular flexibility index (Phi) is 3.89. The maximum absolute atomic E-state index is 10.8. The lowest BCUT2D eigenvalue weighted by Gasteiger charge is -2.10. The van der Waals surface area contributed by atoms with E-state index in [1.165, 1.54) is 13.8 Å². The van der Waals surface area contributed by atoms with E-state index in [1.54, 1.807) is 12.1 Å². The summed E-state index contributed by atoms with van der Waals surface area (Å²) in [5, 5.41) is 0. The van der Waals surface area contributed by atoms with Crippen molar-refractivity contribution in [1.82, 2.24) is 0 Å². The molecule has 0 aliphatic carbocycles. The summed E-state index contributed by atoms with van der Waals surface area (Å²) in [4.78, 5) is 21.6. The molecule has 0 amide bonds. The number of fused-ring (bicyclic) bond motifs is 1. The van der Waals surface area contributed by atoms with Crippen molar-refractivity contribution in [2.24, 2.45) is 0 Å². The predicted octanol–water partition coefficient (Wildman–Crippen LogP) is 1.54. The van der Waals surface area contributed by atoms with Crippen molar-refractivity contribution >= 4 is 11.9 Å². The lowest BCUT2D eigenvalue weighted by atomic mass is 10.1. The van der Waals surface area contributed by atoms with E-state index in [2.05, 4.69) is 0 Å². The number of hydrogen-bond acceptors (Lipinski definition) is 6. The smallest absolute Gasteiger partial charge is 0.302 e. The van der Waals surface area contributed by atoms with E-state index >= 15 is 0 Å². The maximum atomic E-state index is 10.8. The van der Waals surface area contributed by atoms with Crippen LogP contribution in [0.4, 0.5) is 0 Å². The van der Waals surface area contributed by atoms with Crippen LogP contribution in [0.3, 0.4) is 0 Å². The van der Waals surface area contributed by atoms with Crippen LogP contribution in [0.2, 0.25) is 0 Å². The van der Waals surface area contributed by atoms with Crippen LogP contribution in [0.25, 0.3) is 0 Å². The summed E-state index contributed by atoms with van der Waals surface area (Å²) < 4.78 is 20.6. The highest BCUT2D eigenvalue weighted by Crippen LogP contribution is 2.39. The van der Waals surface area contributed by atoms with Crippen LogP contribution < -0.4 is 9.47 Å². The van der Waals surface area contributed by atoms with E-state index in [0.717, 1.165) is 0 Å². The molecular weight excluding hydrogens is 252 g/mol. The first-order valence-corrected chi connectivity index (χ1v) is 5.75. The fraction of sp³-hybridized carbons (Fsp3) is 0.385. The average Bonchev–Trinajstić information content (AvgIpc) is 2.83. The summed E-state index contributed by atoms with van der Waals surface area (Å²) in [6.45, 7) is 3.02. The second-order valence-corrected chi connectivity index (χ2v) is 4.01. The number of carbonyl (C=O) groups excluding carboxylic acids is 2. The second kappa shape index (κ2) is 5.60. The summed E-state index contributed by atoms with van der Waals surface area (Å²) in [7, 11) is 0. The minimum Gasteiger partial charge on any atom is -0.461 e. The van der Waals surface area contributed by atoms with E-state index in [0.29, 0.717) is 22.6 Å². The summed E-state index contributed by atoms with van der Waals surface area (Å²) in [5.74, 6) is 0.338. The summed E-state index contributed by atoms with van der Waals surface area (Å²) in [6.07, 6.45) is 0. The van der Waals surface area contributed by atoms with Gasteiger partial charge < -0.3 is 18.9 Å². The van der Waals surface area contributed by atoms with Gasteiger partial charge in [0.2, 0.25) is 6.79 Å². The third-order valence-corrected chi connectivity index (χ3v) is 2.54. The monoisotopic (exact) mass is 266 g/mol. The van der Waals surface area contributed by atoms with Crippen LogP contribution in [-0.2, 0) is 32.3 Å². The van der Waals surface area contributed by atoms with E-state index in [4.69, 9.17) is 18.9 Å². The molecule has 0 radical (unpaired) electrons. The van der Waals surface area contributed by atoms with Crippen molar-refractivity contribution in [3.05, 3.63) is 23.3 Å². The quantitative estimate of drug-likeness (QED) is 0.770. The van der Waals surface area contributed by atoms with Crippen molar-refractivity contribution in [3.63, 3.8) is 0 Å². The molecule has 0 fully saturated rings. The molecule has 0 spiro atoms. The highest BCUT2D eigenvalue weighted by atomic mass is 16.7. The summed E-state index contributed by atoms with van der Waals surface area (Å²) in [5.41, 5.74) is 1.43. The van der Waals surface area contributed by atoms with E-state index in [1.807, 2.05) is 0 Å². The first kappa shape index (κ1) is 13.2. The van der Waals surface area contributed by atoms with Gasteiger partial charge in [-0.1, -0.05) is 12.1 Å². The molecule has 0 N–H and O–H groups in total. The average molecular weight is 266 g/mol. The van der Waals surface area contributed by atoms with Gasteiger partial charge in [-0.15, -0.1) is 0 Å². The maximum Gasteiger partial charge on any atom is 0.302 e. The molecule has 2 rings (SSSR count). The Morgan fingerprint density at radius 1 is 1.00 bits per heavy atom. The zero-order chi connectivity index (χ0) is 13.8. The predicted molar refractivity (Wildman–Crippen MR) is 63.5 cm³/mol. The molecule has 0 saturated heterocycles. The Bertz CT molecular complexity index is 463. The first-order valence-electron chi connectivity index (χ1n) is 5.75. The number of benzene rings is 1. The van der Waals surface area contributed by atoms with Gasteiger partial charge in [-0.2, -0.15) is 0 Å². The highest BCUT2D eigenvalue weighted by molar-refractivity contribution is 5.67. The minimum absolute atomic E-state index is 0.0967. The second-order valence-electron chi connectivity index (χ2n) is 4.01. The van der Waals surface area contributed by atoms with Gasteiger partial charge in [0.05, 0.1) is 0 Å². The van der Waals surface area contributed by atoms with Gasteiger partial charge in [0.1, 0.15) is 13.2 Å². The molecule has 19 heavy (non-hydrogen) atoms. The van der Waals surface area contributed by atoms with Crippen LogP contribution in [0.5, 0.6) is 11.5 Å². The third kappa shape index (κ3) is 3.15. The van der Waals surface area contributed by atoms with Gasteiger partial charge in [0.15, 0.2) is 11.5 Å². The number of rotatable bonds is 4. The largest absolute Gasteiger partial charge is 0.461 e. The van der Waals surface area contributed by atoms with Crippen molar-refractivity contribution in [2.45, 2.75) is 27.1 Å². The molecule has 0 saturated carbocycles. The Labute approximate surface area is 110 Å². The molecule has 1 aliphatic heterocycles. The van der Waals surface area contributed by atoms with Gasteiger partial charge in [-0.05, 0) is 0 Å². The zero-order valence-electron chi connectivity index (χ0n) is 10.7. The van der Waals surface area contributed by atoms with E-state index in [9.17, 15) is 9.59 Å². The van der Waals surface area contributed by atoms with Gasteiger partial charge in [0, 0.05) is 25.0 Å². The van der Waals surface area contributed by atoms with E-state index in [-0.39, 0.29) is 31.9 Å². The van der Waals surface area contributed by atoms with Crippen LogP contribution in [0, 0.1) is 0 Å². The van der Waals surface area contributed by atoms with Gasteiger partial charge >= 0.3 is 11.9 Å². The molecule has 102 valence electrons. The molecule has 1 aromatic rings. The molecule has 6 nitrogen and oxygen atoms in total. The zero-order valence-corrected chi connectivity index (χ0v) is 10.7. The first-order chi connectivity index (χ1) is 9.08. The lowest BCUT2D eigenvalue weighted by Crippen LogP contribution is -2.02. The van der Waals surface area contributed by atoms with Crippen molar-refractivity contribution in [1.29, 1.82) is 0 Å². The number of carbonyl (C=O) groups is 2. The SMILES string of the molecule is CC(=O)OCc1ccc(COC(C)=O)c2c1OCO2. The van der Waals surface area contributed by atoms with Crippen LogP contribution in [0.15, 0.2) is 12.1 Å². The Morgan fingerprint density at radius 2 is 1.42 bits per heavy atom. The molecule has 6 heteroatoms. The third-order valence-electron chi connectivity index (χ3n) is 2.54. The van der Waals surface area contributed by atoms with Crippen molar-refractivity contribution < 1.29 is 28.5 Å². The summed E-state index contributed by atoms with van der Waals surface area (Å²) in [6, 6.07) is 3.52. The van der Waals surface area contributed by atoms with Crippen LogP contribution in [-0.4, -0.2) is 18.7 Å². The number of ether oxygens (including phenoxy) is 4. The Morgan fingerprint density at radius 3 is 1.79 bits per heavy atom. The molecule has 1 aliphatic rings. The minimum atomic E-state index is -0.364.